The topological polar surface area (TPSA) is 92.2 Å². The number of hydrogen-bond donors (Lipinski definition) is 2. The van der Waals surface area contributed by atoms with Crippen molar-refractivity contribution in [2.45, 2.75) is 44.6 Å². The fourth-order valence-corrected chi connectivity index (χ4v) is 4.38. The highest BCUT2D eigenvalue weighted by atomic mass is 16.2. The lowest BCUT2D eigenvalue weighted by Crippen LogP contribution is -2.39. The minimum Gasteiger partial charge on any atom is -0.373 e. The van der Waals surface area contributed by atoms with Crippen LogP contribution in [0.1, 0.15) is 48.3 Å². The van der Waals surface area contributed by atoms with Crippen molar-refractivity contribution in [3.63, 3.8) is 0 Å². The average Bonchev–Trinajstić information content (AvgIpc) is 3.39. The molecule has 1 unspecified atom stereocenters. The van der Waals surface area contributed by atoms with Gasteiger partial charge in [0, 0.05) is 63.6 Å². The van der Waals surface area contributed by atoms with Crippen LogP contribution >= 0.6 is 0 Å². The van der Waals surface area contributed by atoms with Crippen LogP contribution in [0.25, 0.3) is 0 Å². The number of piperidine rings is 1. The van der Waals surface area contributed by atoms with Crippen LogP contribution in [0.15, 0.2) is 30.9 Å². The number of pyridine rings is 1. The summed E-state index contributed by atoms with van der Waals surface area (Å²) in [5.74, 6) is 1.26. The third-order valence-electron chi connectivity index (χ3n) is 6.23. The summed E-state index contributed by atoms with van der Waals surface area (Å²) in [5, 5.41) is 6.32. The zero-order valence-electron chi connectivity index (χ0n) is 17.5. The predicted molar refractivity (Wildman–Crippen MR) is 114 cm³/mol. The summed E-state index contributed by atoms with van der Waals surface area (Å²) in [6.07, 6.45) is 13.1. The van der Waals surface area contributed by atoms with Crippen molar-refractivity contribution < 1.29 is 9.59 Å². The second kappa shape index (κ2) is 9.28. The normalized spacial score (nSPS) is 18.7. The highest BCUT2D eigenvalue weighted by Crippen LogP contribution is 2.25. The number of nitrogens with one attached hydrogen (secondary N) is 2. The first-order chi connectivity index (χ1) is 14.6. The summed E-state index contributed by atoms with van der Waals surface area (Å²) >= 11 is 0. The van der Waals surface area contributed by atoms with Gasteiger partial charge in [0.05, 0.1) is 0 Å². The number of fused-ring (bicyclic) bond motifs is 1. The molecule has 4 heterocycles. The van der Waals surface area contributed by atoms with Crippen LogP contribution < -0.4 is 10.6 Å². The molecule has 8 heteroatoms. The number of nitrogens with zero attached hydrogens (tertiary/aromatic N) is 4. The molecular weight excluding hydrogens is 380 g/mol. The van der Waals surface area contributed by atoms with E-state index in [0.717, 1.165) is 56.4 Å². The van der Waals surface area contributed by atoms with Crippen LogP contribution in [0.4, 0.5) is 5.69 Å². The van der Waals surface area contributed by atoms with E-state index in [1.165, 1.54) is 0 Å². The molecule has 0 aromatic carbocycles. The molecule has 2 aromatic rings. The van der Waals surface area contributed by atoms with Gasteiger partial charge in [-0.1, -0.05) is 12.8 Å². The van der Waals surface area contributed by atoms with Crippen molar-refractivity contribution in [1.29, 1.82) is 0 Å². The number of unbranched alkanes of at least 4 members (excludes halogenated alkanes) is 1. The Labute approximate surface area is 177 Å². The number of imidazole rings is 1. The van der Waals surface area contributed by atoms with Crippen LogP contribution in [0.2, 0.25) is 0 Å². The van der Waals surface area contributed by atoms with E-state index in [-0.39, 0.29) is 17.9 Å². The van der Waals surface area contributed by atoms with Crippen molar-refractivity contribution in [3.8, 4) is 0 Å². The fraction of sp³-hybridized carbons (Fsp3) is 0.545. The molecule has 0 saturated carbocycles. The third-order valence-corrected chi connectivity index (χ3v) is 6.23. The van der Waals surface area contributed by atoms with Gasteiger partial charge in [-0.25, -0.2) is 4.98 Å². The Kier molecular flexibility index (Phi) is 6.30. The highest BCUT2D eigenvalue weighted by molar-refractivity contribution is 5.90. The van der Waals surface area contributed by atoms with Gasteiger partial charge in [-0.3, -0.25) is 14.6 Å². The molecule has 0 aliphatic carbocycles. The Morgan fingerprint density at radius 3 is 2.80 bits per heavy atom. The van der Waals surface area contributed by atoms with E-state index in [1.54, 1.807) is 23.2 Å². The van der Waals surface area contributed by atoms with Gasteiger partial charge in [0.15, 0.2) is 5.82 Å². The molecule has 0 spiro atoms. The number of rotatable bonds is 7. The maximum absolute atomic E-state index is 12.5. The molecule has 0 radical (unpaired) electrons. The summed E-state index contributed by atoms with van der Waals surface area (Å²) in [4.78, 5) is 35.1. The standard InChI is InChI=1S/C22H30N6O2/c1-27-13-10-24-20(27)22(30)28-11-6-16(7-12-28)4-2-3-8-25-21(29)19-14-17-15-23-9-5-18(17)26-19/h5,9-10,13,15-16,19,26H,2-4,6-8,11-12,14H2,1H3,(H,25,29). The summed E-state index contributed by atoms with van der Waals surface area (Å²) < 4.78 is 1.78. The Bertz CT molecular complexity index is 862. The summed E-state index contributed by atoms with van der Waals surface area (Å²) in [6.45, 7) is 2.31. The molecule has 8 nitrogen and oxygen atoms in total. The summed E-state index contributed by atoms with van der Waals surface area (Å²) in [7, 11) is 1.85. The van der Waals surface area contributed by atoms with Crippen LogP contribution in [0, 0.1) is 5.92 Å². The van der Waals surface area contributed by atoms with Crippen molar-refractivity contribution in [2.75, 3.05) is 25.0 Å². The Morgan fingerprint density at radius 1 is 1.23 bits per heavy atom. The number of amides is 2. The minimum absolute atomic E-state index is 0.0297. The molecule has 2 aromatic heterocycles. The second-order valence-electron chi connectivity index (χ2n) is 8.32. The number of aromatic nitrogens is 3. The lowest BCUT2D eigenvalue weighted by molar-refractivity contribution is -0.121. The van der Waals surface area contributed by atoms with Crippen molar-refractivity contribution in [3.05, 3.63) is 42.2 Å². The fourth-order valence-electron chi connectivity index (χ4n) is 4.38. The predicted octanol–water partition coefficient (Wildman–Crippen LogP) is 1.99. The SMILES string of the molecule is Cn1ccnc1C(=O)N1CCC(CCCCNC(=O)C2Cc3cnccc3N2)CC1. The third kappa shape index (κ3) is 4.63. The number of anilines is 1. The minimum atomic E-state index is -0.190. The second-order valence-corrected chi connectivity index (χ2v) is 8.32. The number of aryl methyl sites for hydroxylation is 1. The van der Waals surface area contributed by atoms with Gasteiger partial charge >= 0.3 is 0 Å². The number of carbonyl (C=O) groups is 2. The molecule has 1 fully saturated rings. The quantitative estimate of drug-likeness (QED) is 0.681. The molecule has 30 heavy (non-hydrogen) atoms. The van der Waals surface area contributed by atoms with Crippen molar-refractivity contribution in [2.24, 2.45) is 13.0 Å². The number of likely N-dealkylation sites (tertiary alicyclic amines) is 1. The highest BCUT2D eigenvalue weighted by Gasteiger charge is 2.27. The van der Waals surface area contributed by atoms with Gasteiger partial charge in [-0.05, 0) is 36.8 Å². The maximum Gasteiger partial charge on any atom is 0.289 e. The molecule has 4 rings (SSSR count). The van der Waals surface area contributed by atoms with Gasteiger partial charge in [-0.2, -0.15) is 0 Å². The molecule has 1 saturated heterocycles. The first-order valence-electron chi connectivity index (χ1n) is 10.9. The van der Waals surface area contributed by atoms with Crippen LogP contribution in [-0.2, 0) is 18.3 Å². The largest absolute Gasteiger partial charge is 0.373 e. The summed E-state index contributed by atoms with van der Waals surface area (Å²) in [6, 6.07) is 1.72. The first-order valence-corrected chi connectivity index (χ1v) is 10.9. The van der Waals surface area contributed by atoms with Gasteiger partial charge in [0.25, 0.3) is 5.91 Å². The van der Waals surface area contributed by atoms with E-state index in [1.807, 2.05) is 24.2 Å². The molecule has 0 bridgehead atoms. The molecule has 160 valence electrons. The van der Waals surface area contributed by atoms with Gasteiger partial charge in [-0.15, -0.1) is 0 Å². The van der Waals surface area contributed by atoms with E-state index in [2.05, 4.69) is 20.6 Å². The lowest BCUT2D eigenvalue weighted by atomic mass is 9.91. The number of hydrogen-bond acceptors (Lipinski definition) is 5. The summed E-state index contributed by atoms with van der Waals surface area (Å²) in [5.41, 5.74) is 2.11. The maximum atomic E-state index is 12.5. The monoisotopic (exact) mass is 410 g/mol. The molecule has 2 N–H and O–H groups in total. The lowest BCUT2D eigenvalue weighted by Gasteiger charge is -2.31. The molecule has 2 amide bonds. The average molecular weight is 411 g/mol. The molecule has 2 aliphatic rings. The van der Waals surface area contributed by atoms with Crippen LogP contribution in [0.3, 0.4) is 0 Å². The first kappa shape index (κ1) is 20.4. The van der Waals surface area contributed by atoms with E-state index >= 15 is 0 Å². The molecular formula is C22H30N6O2. The smallest absolute Gasteiger partial charge is 0.289 e. The van der Waals surface area contributed by atoms with Gasteiger partial charge in [0.1, 0.15) is 6.04 Å². The Hall–Kier alpha value is -2.90. The Morgan fingerprint density at radius 2 is 2.07 bits per heavy atom. The van der Waals surface area contributed by atoms with E-state index in [4.69, 9.17) is 0 Å². The van der Waals surface area contributed by atoms with E-state index in [0.29, 0.717) is 24.7 Å². The number of carbonyl (C=O) groups excluding carboxylic acids is 2. The van der Waals surface area contributed by atoms with Gasteiger partial charge < -0.3 is 20.1 Å². The zero-order valence-corrected chi connectivity index (χ0v) is 17.5. The zero-order chi connectivity index (χ0) is 20.9. The molecule has 1 atom stereocenters. The Balaban J connectivity index is 1.09. The van der Waals surface area contributed by atoms with Gasteiger partial charge in [0.2, 0.25) is 5.91 Å². The van der Waals surface area contributed by atoms with Crippen molar-refractivity contribution >= 4 is 17.5 Å². The van der Waals surface area contributed by atoms with Crippen LogP contribution in [-0.4, -0.2) is 56.9 Å². The van der Waals surface area contributed by atoms with Crippen LogP contribution in [0.5, 0.6) is 0 Å². The molecule has 2 aliphatic heterocycles. The van der Waals surface area contributed by atoms with E-state index in [9.17, 15) is 9.59 Å². The van der Waals surface area contributed by atoms with E-state index < -0.39 is 0 Å². The van der Waals surface area contributed by atoms with Crippen molar-refractivity contribution in [1.82, 2.24) is 24.8 Å².